The third-order valence-corrected chi connectivity index (χ3v) is 8.72. The summed E-state index contributed by atoms with van der Waals surface area (Å²) >= 11 is 1.25. The number of hydrogen-bond donors (Lipinski definition) is 4. The standard InChI is InChI=1S/C24H30N2O6S2/c1-14(2)9-10-24(3)17-8-6-5-7-16(17)19(27)18(21(24)28)22-25-23-20(34(29,30)26-22)15(12-33-23)11-32-13-31-4/h5-8,12,14,27,29-30H,9-11,13H2,1-4H3,(H,25,26)/t24-/m1/s1. The van der Waals surface area contributed by atoms with Crippen molar-refractivity contribution in [3.63, 3.8) is 0 Å². The summed E-state index contributed by atoms with van der Waals surface area (Å²) in [5, 5.41) is 16.4. The maximum atomic E-state index is 13.9. The van der Waals surface area contributed by atoms with Crippen LogP contribution in [0.3, 0.4) is 0 Å². The molecule has 1 atom stereocenters. The molecule has 0 amide bonds. The van der Waals surface area contributed by atoms with E-state index in [1.807, 2.05) is 19.1 Å². The quantitative estimate of drug-likeness (QED) is 0.257. The van der Waals surface area contributed by atoms with Gasteiger partial charge in [0.1, 0.15) is 28.0 Å². The molecule has 1 aliphatic heterocycles. The maximum absolute atomic E-state index is 13.9. The number of methoxy groups -OCH3 is 1. The minimum absolute atomic E-state index is 0.0267. The van der Waals surface area contributed by atoms with E-state index in [1.54, 1.807) is 17.5 Å². The number of ether oxygens (including phenoxy) is 2. The van der Waals surface area contributed by atoms with Gasteiger partial charge in [-0.2, -0.15) is 0 Å². The molecule has 4 N–H and O–H groups in total. The first-order valence-corrected chi connectivity index (χ1v) is 13.4. The molecule has 4 rings (SSSR count). The topological polar surface area (TPSA) is 121 Å². The zero-order valence-electron chi connectivity index (χ0n) is 19.6. The molecule has 0 unspecified atom stereocenters. The lowest BCUT2D eigenvalue weighted by Gasteiger charge is -2.38. The highest BCUT2D eigenvalue weighted by molar-refractivity contribution is 8.23. The van der Waals surface area contributed by atoms with Crippen molar-refractivity contribution >= 4 is 44.5 Å². The predicted molar refractivity (Wildman–Crippen MR) is 136 cm³/mol. The molecular weight excluding hydrogens is 476 g/mol. The second-order valence-electron chi connectivity index (χ2n) is 9.12. The Morgan fingerprint density at radius 1 is 1.26 bits per heavy atom. The van der Waals surface area contributed by atoms with Crippen molar-refractivity contribution < 1.29 is 28.5 Å². The molecule has 2 heterocycles. The summed E-state index contributed by atoms with van der Waals surface area (Å²) in [7, 11) is -2.13. The van der Waals surface area contributed by atoms with Gasteiger partial charge in [-0.1, -0.05) is 48.9 Å². The number of ketones is 1. The molecule has 2 aliphatic rings. The van der Waals surface area contributed by atoms with E-state index >= 15 is 0 Å². The van der Waals surface area contributed by atoms with Gasteiger partial charge in [0.15, 0.2) is 11.6 Å². The molecule has 0 spiro atoms. The first-order chi connectivity index (χ1) is 16.1. The fourth-order valence-corrected chi connectivity index (χ4v) is 7.02. The molecule has 184 valence electrons. The summed E-state index contributed by atoms with van der Waals surface area (Å²) in [6, 6.07) is 7.30. The fourth-order valence-electron chi connectivity index (χ4n) is 4.37. The van der Waals surface area contributed by atoms with Gasteiger partial charge in [0, 0.05) is 23.6 Å². The minimum Gasteiger partial charge on any atom is -0.506 e. The molecule has 1 aromatic carbocycles. The zero-order valence-corrected chi connectivity index (χ0v) is 21.3. The predicted octanol–water partition coefficient (Wildman–Crippen LogP) is 5.96. The second kappa shape index (κ2) is 9.44. The van der Waals surface area contributed by atoms with Crippen LogP contribution in [0, 0.1) is 5.92 Å². The molecule has 10 heteroatoms. The Bertz CT molecular complexity index is 1170. The average Bonchev–Trinajstić information content (AvgIpc) is 3.20. The monoisotopic (exact) mass is 506 g/mol. The molecule has 0 saturated heterocycles. The van der Waals surface area contributed by atoms with E-state index in [2.05, 4.69) is 23.6 Å². The lowest BCUT2D eigenvalue weighted by Crippen LogP contribution is -2.42. The smallest absolute Gasteiger partial charge is 0.180 e. The van der Waals surface area contributed by atoms with Crippen LogP contribution in [-0.2, 0) is 26.3 Å². The number of amidine groups is 1. The van der Waals surface area contributed by atoms with Gasteiger partial charge in [-0.15, -0.1) is 15.7 Å². The summed E-state index contributed by atoms with van der Waals surface area (Å²) in [6.45, 7) is 6.27. The van der Waals surface area contributed by atoms with Crippen molar-refractivity contribution in [2.24, 2.45) is 10.3 Å². The van der Waals surface area contributed by atoms with E-state index in [-0.39, 0.29) is 41.2 Å². The summed E-state index contributed by atoms with van der Waals surface area (Å²) in [5.41, 5.74) is 0.979. The molecule has 0 radical (unpaired) electrons. The Morgan fingerprint density at radius 3 is 2.71 bits per heavy atom. The van der Waals surface area contributed by atoms with Gasteiger partial charge in [-0.3, -0.25) is 13.9 Å². The lowest BCUT2D eigenvalue weighted by molar-refractivity contribution is -0.120. The molecule has 1 aromatic heterocycles. The van der Waals surface area contributed by atoms with Crippen LogP contribution in [0.15, 0.2) is 44.5 Å². The number of anilines is 1. The van der Waals surface area contributed by atoms with Crippen LogP contribution >= 0.6 is 22.1 Å². The normalized spacial score (nSPS) is 22.2. The van der Waals surface area contributed by atoms with Crippen LogP contribution in [0.2, 0.25) is 0 Å². The summed E-state index contributed by atoms with van der Waals surface area (Å²) in [6.07, 6.45) is 1.41. The van der Waals surface area contributed by atoms with Crippen molar-refractivity contribution in [1.29, 1.82) is 0 Å². The number of hydrogen-bond acceptors (Lipinski definition) is 9. The third-order valence-electron chi connectivity index (χ3n) is 6.20. The van der Waals surface area contributed by atoms with Crippen molar-refractivity contribution in [2.45, 2.75) is 50.5 Å². The molecule has 8 nitrogen and oxygen atoms in total. The first-order valence-electron chi connectivity index (χ1n) is 11.0. The van der Waals surface area contributed by atoms with Crippen molar-refractivity contribution in [3.8, 4) is 0 Å². The molecule has 2 aromatic rings. The van der Waals surface area contributed by atoms with Crippen LogP contribution in [0.4, 0.5) is 5.00 Å². The van der Waals surface area contributed by atoms with Gasteiger partial charge in [0.05, 0.1) is 12.0 Å². The van der Waals surface area contributed by atoms with Crippen LogP contribution in [0.5, 0.6) is 0 Å². The summed E-state index contributed by atoms with van der Waals surface area (Å²) < 4.78 is 36.3. The van der Waals surface area contributed by atoms with Crippen molar-refractivity contribution in [3.05, 3.63) is 51.9 Å². The number of carbonyl (C=O) groups excluding carboxylic acids is 1. The molecule has 0 saturated carbocycles. The number of rotatable bonds is 8. The fraction of sp³-hybridized carbons (Fsp3) is 0.417. The Morgan fingerprint density at radius 2 is 2.00 bits per heavy atom. The van der Waals surface area contributed by atoms with E-state index in [9.17, 15) is 19.0 Å². The third kappa shape index (κ3) is 4.30. The number of fused-ring (bicyclic) bond motifs is 2. The van der Waals surface area contributed by atoms with E-state index in [4.69, 9.17) is 9.47 Å². The molecular formula is C24H30N2O6S2. The Balaban J connectivity index is 1.78. The van der Waals surface area contributed by atoms with Crippen molar-refractivity contribution in [2.75, 3.05) is 19.2 Å². The van der Waals surface area contributed by atoms with Crippen molar-refractivity contribution in [1.82, 2.24) is 0 Å². The lowest BCUT2D eigenvalue weighted by atomic mass is 9.66. The molecule has 34 heavy (non-hydrogen) atoms. The van der Waals surface area contributed by atoms with Gasteiger partial charge in [-0.25, -0.2) is 0 Å². The van der Waals surface area contributed by atoms with Crippen LogP contribution < -0.4 is 5.32 Å². The van der Waals surface area contributed by atoms with Gasteiger partial charge in [0.2, 0.25) is 0 Å². The summed E-state index contributed by atoms with van der Waals surface area (Å²) in [4.78, 5) is 14.2. The van der Waals surface area contributed by atoms with E-state index in [0.29, 0.717) is 28.5 Å². The van der Waals surface area contributed by atoms with Gasteiger partial charge in [-0.05, 0) is 31.2 Å². The van der Waals surface area contributed by atoms with E-state index in [0.717, 1.165) is 12.0 Å². The Kier molecular flexibility index (Phi) is 6.92. The first kappa shape index (κ1) is 24.9. The zero-order chi connectivity index (χ0) is 24.7. The van der Waals surface area contributed by atoms with Gasteiger partial charge >= 0.3 is 0 Å². The molecule has 1 aliphatic carbocycles. The number of aliphatic hydroxyl groups is 1. The van der Waals surface area contributed by atoms with Crippen LogP contribution in [0.1, 0.15) is 50.3 Å². The highest BCUT2D eigenvalue weighted by atomic mass is 32.3. The van der Waals surface area contributed by atoms with Gasteiger partial charge in [0.25, 0.3) is 0 Å². The second-order valence-corrected chi connectivity index (χ2v) is 11.6. The number of aliphatic hydroxyl groups excluding tert-OH is 1. The number of nitrogens with zero attached hydrogens (tertiary/aromatic N) is 1. The maximum Gasteiger partial charge on any atom is 0.180 e. The molecule has 0 fully saturated rings. The van der Waals surface area contributed by atoms with Crippen LogP contribution in [0.25, 0.3) is 5.76 Å². The number of carbonyl (C=O) groups is 1. The highest BCUT2D eigenvalue weighted by Crippen LogP contribution is 2.59. The Labute approximate surface area is 204 Å². The van der Waals surface area contributed by atoms with E-state index < -0.39 is 16.2 Å². The highest BCUT2D eigenvalue weighted by Gasteiger charge is 2.46. The SMILES string of the molecule is COCOCc1csc2c1S(O)(O)N=C(C1=C(O)c3ccccc3[C@@](C)(CCC(C)C)C1=O)N2. The largest absolute Gasteiger partial charge is 0.506 e. The van der Waals surface area contributed by atoms with Crippen LogP contribution in [-0.4, -0.2) is 39.7 Å². The number of thiophene rings is 1. The molecule has 0 bridgehead atoms. The number of nitrogens with one attached hydrogen (secondary N) is 1. The number of benzene rings is 1. The average molecular weight is 507 g/mol. The number of Topliss-reactive ketones (excluding diaryl/α,β-unsaturated/α-hetero) is 1. The Hall–Kier alpha value is -2.21. The van der Waals surface area contributed by atoms with Gasteiger partial charge < -0.3 is 19.9 Å². The minimum atomic E-state index is -3.63. The summed E-state index contributed by atoms with van der Waals surface area (Å²) in [5.74, 6) is -0.155. The van der Waals surface area contributed by atoms with E-state index in [1.165, 1.54) is 18.4 Å².